The Kier molecular flexibility index (Phi) is 5.66. The van der Waals surface area contributed by atoms with Gasteiger partial charge < -0.3 is 15.2 Å². The summed E-state index contributed by atoms with van der Waals surface area (Å²) in [6, 6.07) is -0.507. The molecular formula is C8H17NO3. The second-order valence-corrected chi connectivity index (χ2v) is 2.73. The lowest BCUT2D eigenvalue weighted by Crippen LogP contribution is -2.38. The van der Waals surface area contributed by atoms with E-state index in [-0.39, 0.29) is 6.10 Å². The zero-order valence-electron chi connectivity index (χ0n) is 7.83. The second kappa shape index (κ2) is 5.97. The maximum atomic E-state index is 10.4. The Hall–Kier alpha value is -0.610. The number of ether oxygens (including phenoxy) is 1. The Bertz CT molecular complexity index is 138. The van der Waals surface area contributed by atoms with Gasteiger partial charge in [0, 0.05) is 13.2 Å². The molecule has 0 rings (SSSR count). The van der Waals surface area contributed by atoms with Crippen molar-refractivity contribution in [3.63, 3.8) is 0 Å². The van der Waals surface area contributed by atoms with Crippen molar-refractivity contribution in [1.82, 2.24) is 5.32 Å². The second-order valence-electron chi connectivity index (χ2n) is 2.73. The van der Waals surface area contributed by atoms with E-state index >= 15 is 0 Å². The number of nitrogens with one attached hydrogen (secondary N) is 1. The first-order valence-electron chi connectivity index (χ1n) is 4.15. The van der Waals surface area contributed by atoms with Crippen LogP contribution < -0.4 is 5.32 Å². The summed E-state index contributed by atoms with van der Waals surface area (Å²) in [5, 5.41) is 11.4. The number of hydrogen-bond acceptors (Lipinski definition) is 3. The van der Waals surface area contributed by atoms with Crippen LogP contribution in [-0.2, 0) is 9.53 Å². The van der Waals surface area contributed by atoms with Gasteiger partial charge in [0.25, 0.3) is 0 Å². The van der Waals surface area contributed by atoms with Crippen LogP contribution in [0.5, 0.6) is 0 Å². The first kappa shape index (κ1) is 11.4. The van der Waals surface area contributed by atoms with Crippen LogP contribution in [0.15, 0.2) is 0 Å². The van der Waals surface area contributed by atoms with Crippen molar-refractivity contribution in [2.24, 2.45) is 0 Å². The summed E-state index contributed by atoms with van der Waals surface area (Å²) >= 11 is 0. The molecule has 2 N–H and O–H groups in total. The molecule has 0 saturated heterocycles. The van der Waals surface area contributed by atoms with Crippen molar-refractivity contribution in [3.8, 4) is 0 Å². The van der Waals surface area contributed by atoms with E-state index in [4.69, 9.17) is 9.84 Å². The number of hydrogen-bond donors (Lipinski definition) is 2. The van der Waals surface area contributed by atoms with Gasteiger partial charge in [-0.25, -0.2) is 0 Å². The molecule has 2 unspecified atom stereocenters. The molecule has 0 saturated carbocycles. The zero-order chi connectivity index (χ0) is 9.56. The normalized spacial score (nSPS) is 15.6. The molecule has 0 radical (unpaired) electrons. The van der Waals surface area contributed by atoms with Crippen LogP contribution in [0.25, 0.3) is 0 Å². The van der Waals surface area contributed by atoms with Gasteiger partial charge in [0.05, 0.1) is 6.10 Å². The van der Waals surface area contributed by atoms with Crippen molar-refractivity contribution in [2.45, 2.75) is 32.9 Å². The van der Waals surface area contributed by atoms with E-state index in [2.05, 4.69) is 5.32 Å². The smallest absolute Gasteiger partial charge is 0.320 e. The predicted molar refractivity (Wildman–Crippen MR) is 46.2 cm³/mol. The minimum atomic E-state index is -0.835. The summed E-state index contributed by atoms with van der Waals surface area (Å²) in [6.45, 7) is 6.66. The van der Waals surface area contributed by atoms with Crippen LogP contribution in [-0.4, -0.2) is 36.4 Å². The SMILES string of the molecule is CCOC(C)CNC(C)C(=O)O. The van der Waals surface area contributed by atoms with E-state index in [0.717, 1.165) is 0 Å². The molecule has 0 aromatic carbocycles. The monoisotopic (exact) mass is 175 g/mol. The fourth-order valence-corrected chi connectivity index (χ4v) is 0.773. The van der Waals surface area contributed by atoms with E-state index in [0.29, 0.717) is 13.2 Å². The fourth-order valence-electron chi connectivity index (χ4n) is 0.773. The van der Waals surface area contributed by atoms with E-state index < -0.39 is 12.0 Å². The van der Waals surface area contributed by atoms with Gasteiger partial charge in [0.15, 0.2) is 0 Å². The molecular weight excluding hydrogens is 158 g/mol. The van der Waals surface area contributed by atoms with Gasteiger partial charge in [0.1, 0.15) is 6.04 Å². The van der Waals surface area contributed by atoms with Gasteiger partial charge in [-0.2, -0.15) is 0 Å². The van der Waals surface area contributed by atoms with Crippen molar-refractivity contribution >= 4 is 5.97 Å². The highest BCUT2D eigenvalue weighted by molar-refractivity contribution is 5.72. The Labute approximate surface area is 72.9 Å². The maximum absolute atomic E-state index is 10.4. The summed E-state index contributed by atoms with van der Waals surface area (Å²) < 4.78 is 5.22. The Balaban J connectivity index is 3.46. The molecule has 0 aliphatic heterocycles. The van der Waals surface area contributed by atoms with Gasteiger partial charge in [0.2, 0.25) is 0 Å². The minimum Gasteiger partial charge on any atom is -0.480 e. The van der Waals surface area contributed by atoms with E-state index in [1.54, 1.807) is 6.92 Å². The summed E-state index contributed by atoms with van der Waals surface area (Å²) in [5.74, 6) is -0.835. The van der Waals surface area contributed by atoms with Crippen molar-refractivity contribution in [2.75, 3.05) is 13.2 Å². The quantitative estimate of drug-likeness (QED) is 0.616. The van der Waals surface area contributed by atoms with Gasteiger partial charge in [-0.15, -0.1) is 0 Å². The Morgan fingerprint density at radius 3 is 2.58 bits per heavy atom. The molecule has 0 aliphatic rings. The van der Waals surface area contributed by atoms with Crippen LogP contribution >= 0.6 is 0 Å². The first-order valence-corrected chi connectivity index (χ1v) is 4.15. The fraction of sp³-hybridized carbons (Fsp3) is 0.875. The molecule has 2 atom stereocenters. The summed E-state index contributed by atoms with van der Waals surface area (Å²) in [7, 11) is 0. The minimum absolute atomic E-state index is 0.0665. The van der Waals surface area contributed by atoms with Crippen molar-refractivity contribution < 1.29 is 14.6 Å². The Morgan fingerprint density at radius 2 is 2.17 bits per heavy atom. The zero-order valence-corrected chi connectivity index (χ0v) is 7.83. The number of carboxylic acids is 1. The van der Waals surface area contributed by atoms with Gasteiger partial charge in [-0.05, 0) is 20.8 Å². The average Bonchev–Trinajstić information content (AvgIpc) is 2.00. The molecule has 0 fully saturated rings. The van der Waals surface area contributed by atoms with Crippen LogP contribution in [0.4, 0.5) is 0 Å². The first-order chi connectivity index (χ1) is 5.57. The lowest BCUT2D eigenvalue weighted by atomic mass is 10.3. The number of aliphatic carboxylic acids is 1. The Morgan fingerprint density at radius 1 is 1.58 bits per heavy atom. The third-order valence-electron chi connectivity index (χ3n) is 1.53. The number of carboxylic acid groups (broad SMARTS) is 1. The molecule has 0 aromatic heterocycles. The third kappa shape index (κ3) is 5.09. The molecule has 72 valence electrons. The molecule has 0 heterocycles. The van der Waals surface area contributed by atoms with Crippen LogP contribution in [0.1, 0.15) is 20.8 Å². The average molecular weight is 175 g/mol. The van der Waals surface area contributed by atoms with E-state index in [1.165, 1.54) is 0 Å². The summed E-state index contributed by atoms with van der Waals surface area (Å²) in [5.41, 5.74) is 0. The van der Waals surface area contributed by atoms with Crippen LogP contribution in [0, 0.1) is 0 Å². The van der Waals surface area contributed by atoms with Crippen LogP contribution in [0.2, 0.25) is 0 Å². The maximum Gasteiger partial charge on any atom is 0.320 e. The lowest BCUT2D eigenvalue weighted by Gasteiger charge is -2.14. The van der Waals surface area contributed by atoms with Crippen LogP contribution in [0.3, 0.4) is 0 Å². The molecule has 0 bridgehead atoms. The van der Waals surface area contributed by atoms with Gasteiger partial charge in [-0.3, -0.25) is 4.79 Å². The highest BCUT2D eigenvalue weighted by Gasteiger charge is 2.10. The summed E-state index contributed by atoms with van der Waals surface area (Å²) in [6.07, 6.45) is 0.0665. The molecule has 4 heteroatoms. The standard InChI is InChI=1S/C8H17NO3/c1-4-12-6(2)5-9-7(3)8(10)11/h6-7,9H,4-5H2,1-3H3,(H,10,11). The largest absolute Gasteiger partial charge is 0.480 e. The molecule has 0 aliphatic carbocycles. The lowest BCUT2D eigenvalue weighted by molar-refractivity contribution is -0.139. The molecule has 0 aromatic rings. The van der Waals surface area contributed by atoms with Gasteiger partial charge in [-0.1, -0.05) is 0 Å². The van der Waals surface area contributed by atoms with E-state index in [1.807, 2.05) is 13.8 Å². The molecule has 0 amide bonds. The highest BCUT2D eigenvalue weighted by Crippen LogP contribution is 1.89. The molecule has 0 spiro atoms. The molecule has 4 nitrogen and oxygen atoms in total. The van der Waals surface area contributed by atoms with E-state index in [9.17, 15) is 4.79 Å². The van der Waals surface area contributed by atoms with Crippen molar-refractivity contribution in [1.29, 1.82) is 0 Å². The predicted octanol–water partition coefficient (Wildman–Crippen LogP) is 0.474. The summed E-state index contributed by atoms with van der Waals surface area (Å²) in [4.78, 5) is 10.4. The van der Waals surface area contributed by atoms with Gasteiger partial charge >= 0.3 is 5.97 Å². The highest BCUT2D eigenvalue weighted by atomic mass is 16.5. The molecule has 12 heavy (non-hydrogen) atoms. The number of carbonyl (C=O) groups is 1. The third-order valence-corrected chi connectivity index (χ3v) is 1.53. The topological polar surface area (TPSA) is 58.6 Å². The van der Waals surface area contributed by atoms with Crippen molar-refractivity contribution in [3.05, 3.63) is 0 Å². The number of rotatable bonds is 6.